The van der Waals surface area contributed by atoms with Gasteiger partial charge in [-0.3, -0.25) is 0 Å². The molecule has 2 N–H and O–H groups in total. The van der Waals surface area contributed by atoms with Gasteiger partial charge in [0.15, 0.2) is 0 Å². The standard InChI is InChI=1S/C11H21NO2/c1-13-11(4-6-14-7-5-11)10(12)8-9-2-3-9/h9-10H,2-8,12H2,1H3. The quantitative estimate of drug-likeness (QED) is 0.742. The number of ether oxygens (including phenoxy) is 2. The third-order valence-corrected chi connectivity index (χ3v) is 3.71. The lowest BCUT2D eigenvalue weighted by atomic mass is 9.84. The fourth-order valence-electron chi connectivity index (χ4n) is 2.37. The molecule has 0 bridgehead atoms. The molecule has 3 nitrogen and oxygen atoms in total. The SMILES string of the molecule is COC1(C(N)CC2CC2)CCOCC1. The van der Waals surface area contributed by atoms with Gasteiger partial charge in [-0.1, -0.05) is 12.8 Å². The summed E-state index contributed by atoms with van der Waals surface area (Å²) in [4.78, 5) is 0. The first-order chi connectivity index (χ1) is 6.77. The molecule has 1 atom stereocenters. The van der Waals surface area contributed by atoms with Gasteiger partial charge in [-0.25, -0.2) is 0 Å². The molecular weight excluding hydrogens is 178 g/mol. The first kappa shape index (κ1) is 10.4. The molecule has 0 aromatic rings. The third kappa shape index (κ3) is 2.10. The van der Waals surface area contributed by atoms with Crippen LogP contribution in [0, 0.1) is 5.92 Å². The van der Waals surface area contributed by atoms with Gasteiger partial charge < -0.3 is 15.2 Å². The average molecular weight is 199 g/mol. The van der Waals surface area contributed by atoms with Crippen molar-refractivity contribution in [2.24, 2.45) is 11.7 Å². The number of hydrogen-bond donors (Lipinski definition) is 1. The van der Waals surface area contributed by atoms with Crippen LogP contribution in [0.1, 0.15) is 32.1 Å². The van der Waals surface area contributed by atoms with Gasteiger partial charge in [0.25, 0.3) is 0 Å². The minimum atomic E-state index is -0.0964. The molecule has 2 fully saturated rings. The summed E-state index contributed by atoms with van der Waals surface area (Å²) in [5, 5.41) is 0. The maximum absolute atomic E-state index is 6.25. The summed E-state index contributed by atoms with van der Waals surface area (Å²) in [6.45, 7) is 1.60. The zero-order valence-corrected chi connectivity index (χ0v) is 9.00. The van der Waals surface area contributed by atoms with Gasteiger partial charge in [0.2, 0.25) is 0 Å². The summed E-state index contributed by atoms with van der Waals surface area (Å²) in [5.41, 5.74) is 6.16. The molecule has 1 saturated heterocycles. The molecule has 1 unspecified atom stereocenters. The van der Waals surface area contributed by atoms with E-state index in [2.05, 4.69) is 0 Å². The molecule has 82 valence electrons. The van der Waals surface area contributed by atoms with Crippen molar-refractivity contribution in [2.75, 3.05) is 20.3 Å². The van der Waals surface area contributed by atoms with E-state index < -0.39 is 0 Å². The maximum atomic E-state index is 6.25. The average Bonchev–Trinajstić information content (AvgIpc) is 3.02. The van der Waals surface area contributed by atoms with Crippen LogP contribution in [0.5, 0.6) is 0 Å². The van der Waals surface area contributed by atoms with E-state index >= 15 is 0 Å². The number of hydrogen-bond acceptors (Lipinski definition) is 3. The molecule has 1 aliphatic heterocycles. The summed E-state index contributed by atoms with van der Waals surface area (Å²) < 4.78 is 11.0. The topological polar surface area (TPSA) is 44.5 Å². The minimum absolute atomic E-state index is 0.0964. The second-order valence-electron chi connectivity index (χ2n) is 4.67. The minimum Gasteiger partial charge on any atom is -0.381 e. The largest absolute Gasteiger partial charge is 0.381 e. The van der Waals surface area contributed by atoms with Crippen molar-refractivity contribution in [3.05, 3.63) is 0 Å². The molecule has 1 heterocycles. The van der Waals surface area contributed by atoms with Crippen LogP contribution in [-0.4, -0.2) is 32.0 Å². The van der Waals surface area contributed by atoms with E-state index in [0.717, 1.165) is 38.4 Å². The van der Waals surface area contributed by atoms with Crippen LogP contribution in [0.3, 0.4) is 0 Å². The van der Waals surface area contributed by atoms with Crippen molar-refractivity contribution >= 4 is 0 Å². The smallest absolute Gasteiger partial charge is 0.0872 e. The molecule has 14 heavy (non-hydrogen) atoms. The molecule has 0 amide bonds. The molecule has 2 aliphatic rings. The van der Waals surface area contributed by atoms with Crippen molar-refractivity contribution < 1.29 is 9.47 Å². The zero-order chi connectivity index (χ0) is 10.0. The van der Waals surface area contributed by atoms with Crippen molar-refractivity contribution in [1.29, 1.82) is 0 Å². The Morgan fingerprint density at radius 1 is 1.43 bits per heavy atom. The van der Waals surface area contributed by atoms with Gasteiger partial charge >= 0.3 is 0 Å². The van der Waals surface area contributed by atoms with E-state index in [9.17, 15) is 0 Å². The summed E-state index contributed by atoms with van der Waals surface area (Å²) in [6, 6.07) is 0.198. The molecule has 0 aromatic carbocycles. The fourth-order valence-corrected chi connectivity index (χ4v) is 2.37. The van der Waals surface area contributed by atoms with Crippen molar-refractivity contribution in [2.45, 2.75) is 43.7 Å². The highest BCUT2D eigenvalue weighted by Gasteiger charge is 2.40. The monoisotopic (exact) mass is 199 g/mol. The van der Waals surface area contributed by atoms with Gasteiger partial charge in [-0.05, 0) is 12.3 Å². The van der Waals surface area contributed by atoms with Crippen LogP contribution in [0.15, 0.2) is 0 Å². The van der Waals surface area contributed by atoms with Crippen molar-refractivity contribution in [3.63, 3.8) is 0 Å². The van der Waals surface area contributed by atoms with E-state index in [1.165, 1.54) is 12.8 Å². The van der Waals surface area contributed by atoms with Crippen LogP contribution in [0.4, 0.5) is 0 Å². The molecule has 0 radical (unpaired) electrons. The summed E-state index contributed by atoms with van der Waals surface area (Å²) in [5.74, 6) is 0.875. The highest BCUT2D eigenvalue weighted by atomic mass is 16.5. The lowest BCUT2D eigenvalue weighted by Crippen LogP contribution is -2.53. The van der Waals surface area contributed by atoms with Gasteiger partial charge in [0.1, 0.15) is 0 Å². The lowest BCUT2D eigenvalue weighted by Gasteiger charge is -2.40. The Kier molecular flexibility index (Phi) is 3.10. The molecule has 1 aliphatic carbocycles. The van der Waals surface area contributed by atoms with E-state index in [-0.39, 0.29) is 11.6 Å². The molecule has 0 aromatic heterocycles. The second kappa shape index (κ2) is 4.17. The summed E-state index contributed by atoms with van der Waals surface area (Å²) in [6.07, 6.45) is 5.77. The first-order valence-electron chi connectivity index (χ1n) is 5.65. The Morgan fingerprint density at radius 2 is 2.07 bits per heavy atom. The lowest BCUT2D eigenvalue weighted by molar-refractivity contribution is -0.105. The van der Waals surface area contributed by atoms with E-state index in [0.29, 0.717) is 0 Å². The Hall–Kier alpha value is -0.120. The fraction of sp³-hybridized carbons (Fsp3) is 1.00. The van der Waals surface area contributed by atoms with Crippen LogP contribution in [-0.2, 0) is 9.47 Å². The zero-order valence-electron chi connectivity index (χ0n) is 9.00. The van der Waals surface area contributed by atoms with Gasteiger partial charge in [-0.15, -0.1) is 0 Å². The molecule has 1 saturated carbocycles. The third-order valence-electron chi connectivity index (χ3n) is 3.71. The van der Waals surface area contributed by atoms with E-state index in [1.807, 2.05) is 0 Å². The van der Waals surface area contributed by atoms with Crippen LogP contribution >= 0.6 is 0 Å². The molecule has 0 spiro atoms. The van der Waals surface area contributed by atoms with Crippen LogP contribution in [0.2, 0.25) is 0 Å². The summed E-state index contributed by atoms with van der Waals surface area (Å²) >= 11 is 0. The normalized spacial score (nSPS) is 28.7. The Balaban J connectivity index is 1.93. The Labute approximate surface area is 85.9 Å². The maximum Gasteiger partial charge on any atom is 0.0872 e. The summed E-state index contributed by atoms with van der Waals surface area (Å²) in [7, 11) is 1.79. The highest BCUT2D eigenvalue weighted by molar-refractivity contribution is 4.95. The predicted octanol–water partition coefficient (Wildman–Crippen LogP) is 1.31. The van der Waals surface area contributed by atoms with Crippen LogP contribution < -0.4 is 5.73 Å². The number of rotatable bonds is 4. The van der Waals surface area contributed by atoms with Gasteiger partial charge in [0, 0.05) is 39.2 Å². The number of methoxy groups -OCH3 is 1. The predicted molar refractivity (Wildman–Crippen MR) is 55.1 cm³/mol. The van der Waals surface area contributed by atoms with Crippen LogP contribution in [0.25, 0.3) is 0 Å². The molecule has 3 heteroatoms. The van der Waals surface area contributed by atoms with Gasteiger partial charge in [-0.2, -0.15) is 0 Å². The number of nitrogens with two attached hydrogens (primary N) is 1. The molecule has 2 rings (SSSR count). The first-order valence-corrected chi connectivity index (χ1v) is 5.65. The Morgan fingerprint density at radius 3 is 2.57 bits per heavy atom. The molecular formula is C11H21NO2. The van der Waals surface area contributed by atoms with E-state index in [1.54, 1.807) is 7.11 Å². The Bertz CT molecular complexity index is 186. The second-order valence-corrected chi connectivity index (χ2v) is 4.67. The highest BCUT2D eigenvalue weighted by Crippen LogP contribution is 2.38. The van der Waals surface area contributed by atoms with Crippen molar-refractivity contribution in [3.8, 4) is 0 Å². The van der Waals surface area contributed by atoms with Gasteiger partial charge in [0.05, 0.1) is 5.60 Å². The van der Waals surface area contributed by atoms with E-state index in [4.69, 9.17) is 15.2 Å². The van der Waals surface area contributed by atoms with Crippen molar-refractivity contribution in [1.82, 2.24) is 0 Å².